The van der Waals surface area contributed by atoms with Crippen LogP contribution in [0, 0.1) is 5.92 Å². The van der Waals surface area contributed by atoms with Crippen LogP contribution in [-0.4, -0.2) is 24.2 Å². The van der Waals surface area contributed by atoms with Crippen molar-refractivity contribution in [2.45, 2.75) is 32.1 Å². The molecule has 2 aromatic rings. The average molecular weight is 339 g/mol. The largest absolute Gasteiger partial charge is 0.457 e. The fraction of sp³-hybridized carbons (Fsp3) is 0.381. The van der Waals surface area contributed by atoms with Crippen molar-refractivity contribution in [1.82, 2.24) is 5.32 Å². The van der Waals surface area contributed by atoms with Gasteiger partial charge >= 0.3 is 0 Å². The molecule has 4 heteroatoms. The van der Waals surface area contributed by atoms with Crippen LogP contribution in [0.4, 0.5) is 0 Å². The monoisotopic (exact) mass is 339 g/mol. The summed E-state index contributed by atoms with van der Waals surface area (Å²) in [6, 6.07) is 15.4. The van der Waals surface area contributed by atoms with Crippen molar-refractivity contribution in [3.05, 3.63) is 59.7 Å². The van der Waals surface area contributed by atoms with E-state index in [1.54, 1.807) is 0 Å². The molecule has 3 rings (SSSR count). The predicted octanol–water partition coefficient (Wildman–Crippen LogP) is 3.84. The summed E-state index contributed by atoms with van der Waals surface area (Å²) >= 11 is 0. The zero-order valence-electron chi connectivity index (χ0n) is 14.6. The van der Waals surface area contributed by atoms with Gasteiger partial charge in [-0.05, 0) is 30.9 Å². The summed E-state index contributed by atoms with van der Waals surface area (Å²) < 4.78 is 5.95. The Morgan fingerprint density at radius 3 is 2.24 bits per heavy atom. The van der Waals surface area contributed by atoms with E-state index in [1.165, 1.54) is 0 Å². The van der Waals surface area contributed by atoms with Gasteiger partial charge in [0.2, 0.25) is 5.91 Å². The Kier molecular flexibility index (Phi) is 5.71. The van der Waals surface area contributed by atoms with Gasteiger partial charge in [-0.2, -0.15) is 0 Å². The molecule has 0 spiro atoms. The van der Waals surface area contributed by atoms with Crippen molar-refractivity contribution >= 4 is 5.91 Å². The maximum Gasteiger partial charge on any atom is 0.232 e. The number of aliphatic hydroxyl groups is 1. The summed E-state index contributed by atoms with van der Waals surface area (Å²) in [5.41, 5.74) is 1.79. The van der Waals surface area contributed by atoms with Crippen LogP contribution in [0.2, 0.25) is 0 Å². The van der Waals surface area contributed by atoms with E-state index in [9.17, 15) is 9.90 Å². The predicted molar refractivity (Wildman–Crippen MR) is 97.9 cm³/mol. The molecular weight excluding hydrogens is 314 g/mol. The lowest BCUT2D eigenvalue weighted by Gasteiger charge is -2.28. The summed E-state index contributed by atoms with van der Waals surface area (Å²) in [5.74, 6) is 1.41. The van der Waals surface area contributed by atoms with Gasteiger partial charge < -0.3 is 15.2 Å². The number of hydrogen-bond donors (Lipinski definition) is 2. The Morgan fingerprint density at radius 2 is 1.68 bits per heavy atom. The van der Waals surface area contributed by atoms with E-state index in [0.29, 0.717) is 12.5 Å². The summed E-state index contributed by atoms with van der Waals surface area (Å²) in [6.07, 6.45) is 2.76. The zero-order valence-corrected chi connectivity index (χ0v) is 14.6. The molecule has 0 aliphatic carbocycles. The van der Waals surface area contributed by atoms with Crippen molar-refractivity contribution in [3.63, 3.8) is 0 Å². The summed E-state index contributed by atoms with van der Waals surface area (Å²) in [5, 5.41) is 12.3. The molecule has 2 N–H and O–H groups in total. The molecule has 0 radical (unpaired) electrons. The van der Waals surface area contributed by atoms with E-state index in [4.69, 9.17) is 4.74 Å². The molecule has 1 unspecified atom stereocenters. The van der Waals surface area contributed by atoms with Crippen LogP contribution in [0.15, 0.2) is 48.5 Å². The lowest BCUT2D eigenvalue weighted by molar-refractivity contribution is -0.122. The molecule has 1 aliphatic heterocycles. The first kappa shape index (κ1) is 17.5. The third-order valence-electron chi connectivity index (χ3n) is 4.74. The van der Waals surface area contributed by atoms with Crippen molar-refractivity contribution in [3.8, 4) is 11.5 Å². The Hall–Kier alpha value is -2.33. The van der Waals surface area contributed by atoms with E-state index in [2.05, 4.69) is 12.2 Å². The quantitative estimate of drug-likeness (QED) is 0.806. The van der Waals surface area contributed by atoms with Gasteiger partial charge in [-0.1, -0.05) is 49.7 Å². The van der Waals surface area contributed by atoms with E-state index in [-0.39, 0.29) is 18.4 Å². The highest BCUT2D eigenvalue weighted by Crippen LogP contribution is 2.43. The fourth-order valence-corrected chi connectivity index (χ4v) is 3.48. The second-order valence-corrected chi connectivity index (χ2v) is 6.52. The number of rotatable bonds is 7. The van der Waals surface area contributed by atoms with Crippen LogP contribution in [0.3, 0.4) is 0 Å². The third kappa shape index (κ3) is 3.85. The van der Waals surface area contributed by atoms with E-state index >= 15 is 0 Å². The number of ether oxygens (including phenoxy) is 1. The van der Waals surface area contributed by atoms with E-state index < -0.39 is 0 Å². The number of nitrogens with one attached hydrogen (secondary N) is 1. The number of para-hydroxylation sites is 2. The summed E-state index contributed by atoms with van der Waals surface area (Å²) in [4.78, 5) is 13.0. The minimum atomic E-state index is -0.363. The van der Waals surface area contributed by atoms with Gasteiger partial charge in [0.05, 0.1) is 5.92 Å². The topological polar surface area (TPSA) is 58.6 Å². The third-order valence-corrected chi connectivity index (χ3v) is 4.74. The van der Waals surface area contributed by atoms with Crippen molar-refractivity contribution in [2.75, 3.05) is 13.2 Å². The molecule has 1 atom stereocenters. The number of fused-ring (bicyclic) bond motifs is 2. The zero-order chi connectivity index (χ0) is 17.6. The maximum absolute atomic E-state index is 13.0. The number of carbonyl (C=O) groups excluding carboxylic acids is 1. The first-order valence-electron chi connectivity index (χ1n) is 8.98. The molecule has 2 aromatic carbocycles. The second kappa shape index (κ2) is 8.17. The van der Waals surface area contributed by atoms with Gasteiger partial charge in [0, 0.05) is 24.3 Å². The van der Waals surface area contributed by atoms with E-state index in [0.717, 1.165) is 41.9 Å². The van der Waals surface area contributed by atoms with Crippen molar-refractivity contribution in [1.29, 1.82) is 0 Å². The lowest BCUT2D eigenvalue weighted by atomic mass is 9.87. The molecule has 0 bridgehead atoms. The van der Waals surface area contributed by atoms with Crippen LogP contribution >= 0.6 is 0 Å². The first-order chi connectivity index (χ1) is 12.2. The Morgan fingerprint density at radius 1 is 1.08 bits per heavy atom. The Balaban J connectivity index is 1.82. The number of carbonyl (C=O) groups is 1. The Bertz CT molecular complexity index is 677. The van der Waals surface area contributed by atoms with Crippen LogP contribution < -0.4 is 10.1 Å². The van der Waals surface area contributed by atoms with Crippen molar-refractivity contribution in [2.24, 2.45) is 5.92 Å². The molecule has 1 aliphatic rings. The molecule has 0 saturated carbocycles. The highest BCUT2D eigenvalue weighted by molar-refractivity contribution is 5.89. The molecule has 0 aromatic heterocycles. The number of aliphatic hydroxyl groups excluding tert-OH is 1. The summed E-state index contributed by atoms with van der Waals surface area (Å²) in [7, 11) is 0. The second-order valence-electron chi connectivity index (χ2n) is 6.52. The number of hydrogen-bond acceptors (Lipinski definition) is 3. The van der Waals surface area contributed by atoms with E-state index in [1.807, 2.05) is 48.5 Å². The van der Waals surface area contributed by atoms with Gasteiger partial charge in [-0.25, -0.2) is 0 Å². The van der Waals surface area contributed by atoms with Crippen molar-refractivity contribution < 1.29 is 14.6 Å². The first-order valence-corrected chi connectivity index (χ1v) is 8.98. The normalized spacial score (nSPS) is 14.2. The molecule has 132 valence electrons. The summed E-state index contributed by atoms with van der Waals surface area (Å²) in [6.45, 7) is 2.87. The highest BCUT2D eigenvalue weighted by Gasteiger charge is 2.32. The molecule has 0 saturated heterocycles. The molecular formula is C21H25NO3. The van der Waals surface area contributed by atoms with Gasteiger partial charge in [0.25, 0.3) is 0 Å². The average Bonchev–Trinajstić information content (AvgIpc) is 2.64. The SMILES string of the molecule is CCCC(CCO)CNC(=O)C1c2ccccc2Oc2ccccc21. The standard InChI is InChI=1S/C21H25NO3/c1-2-7-15(12-13-23)14-22-21(24)20-16-8-3-5-10-18(16)25-19-11-6-4-9-17(19)20/h3-6,8-11,15,20,23H,2,7,12-14H2,1H3,(H,22,24). The molecule has 1 heterocycles. The van der Waals surface area contributed by atoms with Gasteiger partial charge in [-0.15, -0.1) is 0 Å². The van der Waals surface area contributed by atoms with Crippen LogP contribution in [0.25, 0.3) is 0 Å². The maximum atomic E-state index is 13.0. The van der Waals surface area contributed by atoms with Crippen LogP contribution in [-0.2, 0) is 4.79 Å². The van der Waals surface area contributed by atoms with Crippen LogP contribution in [0.1, 0.15) is 43.2 Å². The molecule has 4 nitrogen and oxygen atoms in total. The van der Waals surface area contributed by atoms with Crippen LogP contribution in [0.5, 0.6) is 11.5 Å². The van der Waals surface area contributed by atoms with Gasteiger partial charge in [-0.3, -0.25) is 4.79 Å². The number of benzene rings is 2. The smallest absolute Gasteiger partial charge is 0.232 e. The highest BCUT2D eigenvalue weighted by atomic mass is 16.5. The van der Waals surface area contributed by atoms with Gasteiger partial charge in [0.1, 0.15) is 11.5 Å². The minimum absolute atomic E-state index is 0.0118. The number of amides is 1. The Labute approximate surface area is 148 Å². The molecule has 0 fully saturated rings. The van der Waals surface area contributed by atoms with Gasteiger partial charge in [0.15, 0.2) is 0 Å². The molecule has 1 amide bonds. The fourth-order valence-electron chi connectivity index (χ4n) is 3.48. The minimum Gasteiger partial charge on any atom is -0.457 e. The lowest BCUT2D eigenvalue weighted by Crippen LogP contribution is -2.35. The molecule has 25 heavy (non-hydrogen) atoms.